The van der Waals surface area contributed by atoms with Crippen molar-refractivity contribution in [1.82, 2.24) is 9.97 Å². The minimum absolute atomic E-state index is 0.0908. The van der Waals surface area contributed by atoms with Gasteiger partial charge in [0.25, 0.3) is 0 Å². The standard InChI is InChI=1S/C15H25N3/c1-10-9-13(15(2,3)4)18-14(17-10)11-5-7-12(16)8-6-11/h9,11-12H,5-8,16H2,1-4H3. The lowest BCUT2D eigenvalue weighted by molar-refractivity contribution is 0.382. The Morgan fingerprint density at radius 2 is 1.72 bits per heavy atom. The summed E-state index contributed by atoms with van der Waals surface area (Å²) in [4.78, 5) is 9.45. The minimum Gasteiger partial charge on any atom is -0.328 e. The summed E-state index contributed by atoms with van der Waals surface area (Å²) in [6, 6.07) is 2.49. The molecule has 1 aromatic rings. The van der Waals surface area contributed by atoms with Gasteiger partial charge in [0.05, 0.1) is 0 Å². The molecule has 0 spiro atoms. The molecule has 1 aliphatic carbocycles. The summed E-state index contributed by atoms with van der Waals surface area (Å²) in [5, 5.41) is 0. The van der Waals surface area contributed by atoms with Crippen molar-refractivity contribution in [2.24, 2.45) is 5.73 Å². The van der Waals surface area contributed by atoms with E-state index < -0.39 is 0 Å². The van der Waals surface area contributed by atoms with Crippen molar-refractivity contribution >= 4 is 0 Å². The van der Waals surface area contributed by atoms with Crippen molar-refractivity contribution in [2.45, 2.75) is 70.8 Å². The van der Waals surface area contributed by atoms with E-state index in [0.717, 1.165) is 42.9 Å². The molecule has 1 fully saturated rings. The summed E-state index contributed by atoms with van der Waals surface area (Å²) in [5.74, 6) is 1.54. The highest BCUT2D eigenvalue weighted by Crippen LogP contribution is 2.31. The fourth-order valence-electron chi connectivity index (χ4n) is 2.54. The van der Waals surface area contributed by atoms with Crippen LogP contribution in [0.3, 0.4) is 0 Å². The van der Waals surface area contributed by atoms with Gasteiger partial charge in [-0.25, -0.2) is 9.97 Å². The molecule has 2 rings (SSSR count). The van der Waals surface area contributed by atoms with Crippen molar-refractivity contribution in [1.29, 1.82) is 0 Å². The Hall–Kier alpha value is -0.960. The predicted molar refractivity (Wildman–Crippen MR) is 74.7 cm³/mol. The van der Waals surface area contributed by atoms with Crippen LogP contribution in [0.25, 0.3) is 0 Å². The van der Waals surface area contributed by atoms with Gasteiger partial charge in [0.2, 0.25) is 0 Å². The molecule has 100 valence electrons. The fraction of sp³-hybridized carbons (Fsp3) is 0.733. The van der Waals surface area contributed by atoms with E-state index in [9.17, 15) is 0 Å². The van der Waals surface area contributed by atoms with Crippen LogP contribution in [-0.4, -0.2) is 16.0 Å². The van der Waals surface area contributed by atoms with Crippen LogP contribution in [0.15, 0.2) is 6.07 Å². The second-order valence-corrected chi connectivity index (χ2v) is 6.61. The lowest BCUT2D eigenvalue weighted by Crippen LogP contribution is -2.27. The molecule has 1 aliphatic rings. The molecular formula is C15H25N3. The summed E-state index contributed by atoms with van der Waals surface area (Å²) in [6.45, 7) is 8.68. The van der Waals surface area contributed by atoms with Crippen LogP contribution < -0.4 is 5.73 Å². The van der Waals surface area contributed by atoms with Crippen LogP contribution in [0, 0.1) is 6.92 Å². The highest BCUT2D eigenvalue weighted by atomic mass is 14.9. The molecule has 0 aliphatic heterocycles. The van der Waals surface area contributed by atoms with Crippen LogP contribution in [0.1, 0.15) is 69.6 Å². The Morgan fingerprint density at radius 3 is 2.28 bits per heavy atom. The first-order chi connectivity index (χ1) is 8.36. The third kappa shape index (κ3) is 3.08. The van der Waals surface area contributed by atoms with E-state index >= 15 is 0 Å². The summed E-state index contributed by atoms with van der Waals surface area (Å²) >= 11 is 0. The van der Waals surface area contributed by atoms with Gasteiger partial charge in [0.15, 0.2) is 0 Å². The normalized spacial score (nSPS) is 25.2. The van der Waals surface area contributed by atoms with Crippen LogP contribution in [-0.2, 0) is 5.41 Å². The van der Waals surface area contributed by atoms with Crippen molar-refractivity contribution in [3.63, 3.8) is 0 Å². The van der Waals surface area contributed by atoms with Crippen LogP contribution >= 0.6 is 0 Å². The number of rotatable bonds is 1. The zero-order valence-electron chi connectivity index (χ0n) is 12.0. The quantitative estimate of drug-likeness (QED) is 0.829. The second kappa shape index (κ2) is 4.96. The van der Waals surface area contributed by atoms with Crippen molar-refractivity contribution in [3.8, 4) is 0 Å². The van der Waals surface area contributed by atoms with E-state index in [1.54, 1.807) is 0 Å². The zero-order valence-corrected chi connectivity index (χ0v) is 12.0. The Morgan fingerprint density at radius 1 is 1.11 bits per heavy atom. The van der Waals surface area contributed by atoms with Crippen LogP contribution in [0.5, 0.6) is 0 Å². The lowest BCUT2D eigenvalue weighted by atomic mass is 9.85. The topological polar surface area (TPSA) is 51.8 Å². The lowest BCUT2D eigenvalue weighted by Gasteiger charge is -2.26. The maximum atomic E-state index is 5.96. The molecule has 2 N–H and O–H groups in total. The van der Waals surface area contributed by atoms with E-state index in [0.29, 0.717) is 12.0 Å². The summed E-state index contributed by atoms with van der Waals surface area (Å²) < 4.78 is 0. The predicted octanol–water partition coefficient (Wildman–Crippen LogP) is 3.07. The molecule has 0 unspecified atom stereocenters. The molecule has 0 atom stereocenters. The van der Waals surface area contributed by atoms with E-state index in [4.69, 9.17) is 10.7 Å². The van der Waals surface area contributed by atoms with E-state index in [1.807, 2.05) is 0 Å². The average molecular weight is 247 g/mol. The molecule has 0 bridgehead atoms. The van der Waals surface area contributed by atoms with E-state index in [-0.39, 0.29) is 5.41 Å². The molecule has 0 amide bonds. The molecule has 0 aromatic carbocycles. The van der Waals surface area contributed by atoms with Crippen molar-refractivity contribution in [3.05, 3.63) is 23.3 Å². The average Bonchev–Trinajstić information content (AvgIpc) is 2.28. The molecule has 3 nitrogen and oxygen atoms in total. The van der Waals surface area contributed by atoms with E-state index in [2.05, 4.69) is 38.7 Å². The number of hydrogen-bond acceptors (Lipinski definition) is 3. The number of aryl methyl sites for hydroxylation is 1. The van der Waals surface area contributed by atoms with Crippen LogP contribution in [0.2, 0.25) is 0 Å². The zero-order chi connectivity index (χ0) is 13.3. The van der Waals surface area contributed by atoms with Gasteiger partial charge in [-0.15, -0.1) is 0 Å². The Kier molecular flexibility index (Phi) is 3.71. The molecule has 1 saturated carbocycles. The van der Waals surface area contributed by atoms with Gasteiger partial charge in [0.1, 0.15) is 5.82 Å². The first-order valence-corrected chi connectivity index (χ1v) is 6.98. The first kappa shape index (κ1) is 13.5. The van der Waals surface area contributed by atoms with Gasteiger partial charge in [0, 0.05) is 28.8 Å². The van der Waals surface area contributed by atoms with Gasteiger partial charge < -0.3 is 5.73 Å². The first-order valence-electron chi connectivity index (χ1n) is 6.98. The second-order valence-electron chi connectivity index (χ2n) is 6.61. The Balaban J connectivity index is 2.25. The van der Waals surface area contributed by atoms with Gasteiger partial charge in [-0.3, -0.25) is 0 Å². The SMILES string of the molecule is Cc1cc(C(C)(C)C)nc(C2CCC(N)CC2)n1. The molecule has 0 radical (unpaired) electrons. The Labute approximate surface area is 110 Å². The van der Waals surface area contributed by atoms with Crippen molar-refractivity contribution in [2.75, 3.05) is 0 Å². The molecule has 0 saturated heterocycles. The highest BCUT2D eigenvalue weighted by Gasteiger charge is 2.24. The molecule has 3 heteroatoms. The van der Waals surface area contributed by atoms with Crippen LogP contribution in [0.4, 0.5) is 0 Å². The summed E-state index contributed by atoms with van der Waals surface area (Å²) in [5.41, 5.74) is 8.29. The van der Waals surface area contributed by atoms with E-state index in [1.165, 1.54) is 0 Å². The summed E-state index contributed by atoms with van der Waals surface area (Å²) in [6.07, 6.45) is 4.47. The highest BCUT2D eigenvalue weighted by molar-refractivity contribution is 5.19. The maximum absolute atomic E-state index is 5.96. The molecule has 1 heterocycles. The Bertz CT molecular complexity index is 412. The minimum atomic E-state index is 0.0908. The van der Waals surface area contributed by atoms with Gasteiger partial charge in [-0.2, -0.15) is 0 Å². The molecule has 1 aromatic heterocycles. The van der Waals surface area contributed by atoms with Gasteiger partial charge >= 0.3 is 0 Å². The van der Waals surface area contributed by atoms with Crippen molar-refractivity contribution < 1.29 is 0 Å². The maximum Gasteiger partial charge on any atom is 0.131 e. The molecule has 18 heavy (non-hydrogen) atoms. The smallest absolute Gasteiger partial charge is 0.131 e. The van der Waals surface area contributed by atoms with Gasteiger partial charge in [-0.1, -0.05) is 20.8 Å². The number of hydrogen-bond donors (Lipinski definition) is 1. The number of nitrogens with zero attached hydrogens (tertiary/aromatic N) is 2. The monoisotopic (exact) mass is 247 g/mol. The fourth-order valence-corrected chi connectivity index (χ4v) is 2.54. The molecular weight excluding hydrogens is 222 g/mol. The number of aromatic nitrogens is 2. The number of nitrogens with two attached hydrogens (primary N) is 1. The third-order valence-electron chi connectivity index (χ3n) is 3.78. The summed E-state index contributed by atoms with van der Waals surface area (Å²) in [7, 11) is 0. The third-order valence-corrected chi connectivity index (χ3v) is 3.78. The largest absolute Gasteiger partial charge is 0.328 e. The van der Waals surface area contributed by atoms with Gasteiger partial charge in [-0.05, 0) is 38.7 Å².